The van der Waals surface area contributed by atoms with Crippen LogP contribution < -0.4 is 0 Å². The maximum atomic E-state index is 13.5. The van der Waals surface area contributed by atoms with Crippen molar-refractivity contribution >= 4 is 5.91 Å². The van der Waals surface area contributed by atoms with Crippen molar-refractivity contribution in [2.75, 3.05) is 33.7 Å². The molecule has 2 aromatic carbocycles. The minimum atomic E-state index is -0.556. The van der Waals surface area contributed by atoms with Gasteiger partial charge in [0.1, 0.15) is 5.41 Å². The first kappa shape index (κ1) is 19.6. The minimum absolute atomic E-state index is 0.197. The second-order valence-electron chi connectivity index (χ2n) is 7.68. The first-order chi connectivity index (χ1) is 13.1. The van der Waals surface area contributed by atoms with Gasteiger partial charge < -0.3 is 9.80 Å². The standard InChI is InChI=1S/C24H32N2O/c1-5-26(6-2)18-12-11-17-24(23(27)25(3)4)21-15-9-7-13-19(21)20-14-8-10-16-22(20)24/h7-10,13-16H,5-6,11-12,17-18H2,1-4H3. The first-order valence-electron chi connectivity index (χ1n) is 10.2. The van der Waals surface area contributed by atoms with Gasteiger partial charge in [-0.25, -0.2) is 0 Å². The van der Waals surface area contributed by atoms with E-state index in [0.717, 1.165) is 38.9 Å². The van der Waals surface area contributed by atoms with Gasteiger partial charge in [-0.05, 0) is 54.7 Å². The van der Waals surface area contributed by atoms with Crippen LogP contribution in [0.3, 0.4) is 0 Å². The van der Waals surface area contributed by atoms with Crippen molar-refractivity contribution in [3.05, 3.63) is 59.7 Å². The Morgan fingerprint density at radius 3 is 1.85 bits per heavy atom. The molecule has 1 amide bonds. The molecule has 0 heterocycles. The van der Waals surface area contributed by atoms with E-state index in [-0.39, 0.29) is 5.91 Å². The summed E-state index contributed by atoms with van der Waals surface area (Å²) < 4.78 is 0. The van der Waals surface area contributed by atoms with Gasteiger partial charge in [-0.3, -0.25) is 4.79 Å². The zero-order chi connectivity index (χ0) is 19.4. The van der Waals surface area contributed by atoms with Crippen LogP contribution in [-0.4, -0.2) is 49.4 Å². The summed E-state index contributed by atoms with van der Waals surface area (Å²) in [7, 11) is 3.76. The van der Waals surface area contributed by atoms with Crippen LogP contribution in [0.25, 0.3) is 11.1 Å². The number of carbonyl (C=O) groups is 1. The van der Waals surface area contributed by atoms with E-state index in [0.29, 0.717) is 0 Å². The number of hydrogen-bond acceptors (Lipinski definition) is 2. The number of carbonyl (C=O) groups excluding carboxylic acids is 1. The summed E-state index contributed by atoms with van der Waals surface area (Å²) in [5.74, 6) is 0.197. The topological polar surface area (TPSA) is 23.6 Å². The summed E-state index contributed by atoms with van der Waals surface area (Å²) in [5.41, 5.74) is 4.22. The van der Waals surface area contributed by atoms with Gasteiger partial charge in [0.05, 0.1) is 0 Å². The third-order valence-electron chi connectivity index (χ3n) is 6.01. The predicted molar refractivity (Wildman–Crippen MR) is 113 cm³/mol. The highest BCUT2D eigenvalue weighted by Crippen LogP contribution is 2.52. The van der Waals surface area contributed by atoms with Crippen LogP contribution in [0.1, 0.15) is 44.2 Å². The summed E-state index contributed by atoms with van der Waals surface area (Å²) in [4.78, 5) is 17.8. The molecule has 0 N–H and O–H groups in total. The van der Waals surface area contributed by atoms with Gasteiger partial charge in [0, 0.05) is 14.1 Å². The Labute approximate surface area is 164 Å². The second kappa shape index (κ2) is 8.26. The van der Waals surface area contributed by atoms with Crippen LogP contribution in [0.15, 0.2) is 48.5 Å². The molecule has 0 aromatic heterocycles. The summed E-state index contributed by atoms with van der Waals surface area (Å²) in [5, 5.41) is 0. The quantitative estimate of drug-likeness (QED) is 0.642. The molecule has 0 atom stereocenters. The lowest BCUT2D eigenvalue weighted by atomic mass is 9.73. The fourth-order valence-electron chi connectivity index (χ4n) is 4.58. The molecule has 2 aromatic rings. The van der Waals surface area contributed by atoms with Gasteiger partial charge in [-0.1, -0.05) is 68.8 Å². The molecule has 1 aliphatic carbocycles. The van der Waals surface area contributed by atoms with Crippen LogP contribution >= 0.6 is 0 Å². The Kier molecular flexibility index (Phi) is 6.01. The fraction of sp³-hybridized carbons (Fsp3) is 0.458. The van der Waals surface area contributed by atoms with E-state index in [4.69, 9.17) is 0 Å². The summed E-state index contributed by atoms with van der Waals surface area (Å²) >= 11 is 0. The molecule has 27 heavy (non-hydrogen) atoms. The maximum absolute atomic E-state index is 13.5. The van der Waals surface area contributed by atoms with E-state index in [1.807, 2.05) is 14.1 Å². The molecule has 0 unspecified atom stereocenters. The van der Waals surface area contributed by atoms with Crippen molar-refractivity contribution < 1.29 is 4.79 Å². The average Bonchev–Trinajstić information content (AvgIpc) is 2.99. The molecule has 144 valence electrons. The van der Waals surface area contributed by atoms with E-state index < -0.39 is 5.41 Å². The monoisotopic (exact) mass is 364 g/mol. The second-order valence-corrected chi connectivity index (χ2v) is 7.68. The SMILES string of the molecule is CCN(CC)CCCCC1(C(=O)N(C)C)c2ccccc2-c2ccccc21. The number of hydrogen-bond donors (Lipinski definition) is 0. The smallest absolute Gasteiger partial charge is 0.237 e. The summed E-state index contributed by atoms with van der Waals surface area (Å²) in [6.45, 7) is 7.70. The third kappa shape index (κ3) is 3.41. The van der Waals surface area contributed by atoms with Crippen molar-refractivity contribution in [2.45, 2.75) is 38.5 Å². The molecular formula is C24H32N2O. The van der Waals surface area contributed by atoms with Gasteiger partial charge in [0.25, 0.3) is 0 Å². The van der Waals surface area contributed by atoms with Gasteiger partial charge >= 0.3 is 0 Å². The number of likely N-dealkylation sites (N-methyl/N-ethyl adjacent to an activating group) is 1. The molecule has 0 bridgehead atoms. The summed E-state index contributed by atoms with van der Waals surface area (Å²) in [6.07, 6.45) is 3.02. The van der Waals surface area contributed by atoms with E-state index in [1.54, 1.807) is 4.90 Å². The van der Waals surface area contributed by atoms with Gasteiger partial charge in [-0.15, -0.1) is 0 Å². The van der Waals surface area contributed by atoms with Crippen LogP contribution in [0, 0.1) is 0 Å². The van der Waals surface area contributed by atoms with Gasteiger partial charge in [0.15, 0.2) is 0 Å². The Morgan fingerprint density at radius 1 is 0.852 bits per heavy atom. The van der Waals surface area contributed by atoms with Crippen LogP contribution in [0.5, 0.6) is 0 Å². The van der Waals surface area contributed by atoms with Crippen LogP contribution in [-0.2, 0) is 10.2 Å². The zero-order valence-electron chi connectivity index (χ0n) is 17.2. The van der Waals surface area contributed by atoms with Crippen molar-refractivity contribution in [1.29, 1.82) is 0 Å². The molecule has 3 heteroatoms. The largest absolute Gasteiger partial charge is 0.348 e. The van der Waals surface area contributed by atoms with E-state index in [1.165, 1.54) is 22.3 Å². The molecule has 0 spiro atoms. The lowest BCUT2D eigenvalue weighted by Crippen LogP contribution is -2.43. The molecule has 0 radical (unpaired) electrons. The van der Waals surface area contributed by atoms with Crippen LogP contribution in [0.2, 0.25) is 0 Å². The highest BCUT2D eigenvalue weighted by atomic mass is 16.2. The van der Waals surface area contributed by atoms with Gasteiger partial charge in [0.2, 0.25) is 5.91 Å². The molecule has 0 saturated heterocycles. The highest BCUT2D eigenvalue weighted by Gasteiger charge is 2.49. The molecule has 3 nitrogen and oxygen atoms in total. The molecule has 0 aliphatic heterocycles. The van der Waals surface area contributed by atoms with Crippen molar-refractivity contribution in [3.8, 4) is 11.1 Å². The number of amides is 1. The Bertz CT molecular complexity index is 747. The Hall–Kier alpha value is -2.13. The van der Waals surface area contributed by atoms with E-state index >= 15 is 0 Å². The highest BCUT2D eigenvalue weighted by molar-refractivity contribution is 6.00. The van der Waals surface area contributed by atoms with E-state index in [9.17, 15) is 4.79 Å². The van der Waals surface area contributed by atoms with Gasteiger partial charge in [-0.2, -0.15) is 0 Å². The molecule has 1 aliphatic rings. The number of unbranched alkanes of at least 4 members (excludes halogenated alkanes) is 1. The normalized spacial score (nSPS) is 14.1. The summed E-state index contributed by atoms with van der Waals surface area (Å²) in [6, 6.07) is 16.9. The van der Waals surface area contributed by atoms with Crippen molar-refractivity contribution in [2.24, 2.45) is 0 Å². The predicted octanol–water partition coefficient (Wildman–Crippen LogP) is 4.55. The zero-order valence-corrected chi connectivity index (χ0v) is 17.2. The minimum Gasteiger partial charge on any atom is -0.348 e. The maximum Gasteiger partial charge on any atom is 0.237 e. The third-order valence-corrected chi connectivity index (χ3v) is 6.01. The number of fused-ring (bicyclic) bond motifs is 3. The number of rotatable bonds is 8. The van der Waals surface area contributed by atoms with Crippen LogP contribution in [0.4, 0.5) is 0 Å². The fourth-order valence-corrected chi connectivity index (χ4v) is 4.58. The Morgan fingerprint density at radius 2 is 1.37 bits per heavy atom. The molecule has 0 fully saturated rings. The molecule has 0 saturated carbocycles. The first-order valence-corrected chi connectivity index (χ1v) is 10.2. The Balaban J connectivity index is 1.98. The van der Waals surface area contributed by atoms with Crippen molar-refractivity contribution in [1.82, 2.24) is 9.80 Å². The number of nitrogens with zero attached hydrogens (tertiary/aromatic N) is 2. The average molecular weight is 365 g/mol. The molecular weight excluding hydrogens is 332 g/mol. The van der Waals surface area contributed by atoms with E-state index in [2.05, 4.69) is 67.3 Å². The lowest BCUT2D eigenvalue weighted by Gasteiger charge is -2.33. The number of benzene rings is 2. The molecule has 3 rings (SSSR count). The lowest BCUT2D eigenvalue weighted by molar-refractivity contribution is -0.133. The van der Waals surface area contributed by atoms with Crippen molar-refractivity contribution in [3.63, 3.8) is 0 Å².